The lowest BCUT2D eigenvalue weighted by Crippen LogP contribution is -2.28. The lowest BCUT2D eigenvalue weighted by Gasteiger charge is -2.13. The van der Waals surface area contributed by atoms with Gasteiger partial charge < -0.3 is 4.74 Å². The summed E-state index contributed by atoms with van der Waals surface area (Å²) in [5.74, 6) is -0.739. The minimum absolute atomic E-state index is 0.168. The van der Waals surface area contributed by atoms with Gasteiger partial charge in [-0.15, -0.1) is 0 Å². The fraction of sp³-hybridized carbons (Fsp3) is 0.348. The molecule has 4 rings (SSSR count). The molecule has 31 heavy (non-hydrogen) atoms. The van der Waals surface area contributed by atoms with Crippen LogP contribution in [-0.4, -0.2) is 50.3 Å². The Labute approximate surface area is 180 Å². The molecule has 0 saturated heterocycles. The molecule has 8 nitrogen and oxygen atoms in total. The van der Waals surface area contributed by atoms with Gasteiger partial charge in [-0.05, 0) is 38.3 Å². The molecule has 0 radical (unpaired) electrons. The smallest absolute Gasteiger partial charge is 0.306 e. The Hall–Kier alpha value is -3.55. The topological polar surface area (TPSA) is 89.2 Å². The quantitative estimate of drug-likeness (QED) is 0.573. The van der Waals surface area contributed by atoms with Crippen molar-refractivity contribution < 1.29 is 14.3 Å². The maximum Gasteiger partial charge on any atom is 0.306 e. The van der Waals surface area contributed by atoms with Crippen LogP contribution in [-0.2, 0) is 20.7 Å². The first kappa shape index (κ1) is 20.7. The Bertz CT molecular complexity index is 1170. The van der Waals surface area contributed by atoms with Gasteiger partial charge in [-0.3, -0.25) is 9.59 Å². The molecule has 1 amide bonds. The Morgan fingerprint density at radius 3 is 2.68 bits per heavy atom. The fourth-order valence-corrected chi connectivity index (χ4v) is 3.79. The Morgan fingerprint density at radius 1 is 1.13 bits per heavy atom. The average molecular weight is 419 g/mol. The summed E-state index contributed by atoms with van der Waals surface area (Å²) in [4.78, 5) is 29.2. The van der Waals surface area contributed by atoms with Crippen LogP contribution >= 0.6 is 0 Å². The highest BCUT2D eigenvalue weighted by Crippen LogP contribution is 2.17. The highest BCUT2D eigenvalue weighted by atomic mass is 16.5. The molecule has 160 valence electrons. The van der Waals surface area contributed by atoms with Crippen LogP contribution < -0.4 is 0 Å². The molecule has 0 unspecified atom stereocenters. The van der Waals surface area contributed by atoms with Gasteiger partial charge in [-0.1, -0.05) is 30.3 Å². The SMILES string of the molecule is Cc1cc2nc(C)c(CCC(=O)OCC(=O)N3CCC(c4ccccc4)=N3)c(C)n2n1. The van der Waals surface area contributed by atoms with Crippen LogP contribution in [0.2, 0.25) is 0 Å². The fourth-order valence-electron chi connectivity index (χ4n) is 3.79. The molecule has 0 aliphatic carbocycles. The van der Waals surface area contributed by atoms with E-state index in [4.69, 9.17) is 4.74 Å². The second-order valence-electron chi connectivity index (χ2n) is 7.66. The van der Waals surface area contributed by atoms with Gasteiger partial charge in [0, 0.05) is 30.3 Å². The standard InChI is InChI=1S/C23H25N5O3/c1-15-13-21-24-16(2)19(17(3)28(21)25-15)9-10-23(30)31-14-22(29)27-12-11-20(26-27)18-7-5-4-6-8-18/h4-8,13H,9-12,14H2,1-3H3. The van der Waals surface area contributed by atoms with E-state index < -0.39 is 5.97 Å². The van der Waals surface area contributed by atoms with Gasteiger partial charge in [0.15, 0.2) is 12.3 Å². The van der Waals surface area contributed by atoms with Gasteiger partial charge in [-0.25, -0.2) is 14.5 Å². The highest BCUT2D eigenvalue weighted by molar-refractivity contribution is 6.02. The number of amides is 1. The van der Waals surface area contributed by atoms with Gasteiger partial charge in [-0.2, -0.15) is 10.2 Å². The molecule has 3 heterocycles. The second kappa shape index (κ2) is 8.67. The van der Waals surface area contributed by atoms with E-state index in [2.05, 4.69) is 15.2 Å². The number of benzene rings is 1. The van der Waals surface area contributed by atoms with Crippen LogP contribution in [0.3, 0.4) is 0 Å². The highest BCUT2D eigenvalue weighted by Gasteiger charge is 2.22. The van der Waals surface area contributed by atoms with E-state index in [1.165, 1.54) is 5.01 Å². The summed E-state index contributed by atoms with van der Waals surface area (Å²) < 4.78 is 7.00. The third kappa shape index (κ3) is 4.47. The molecule has 1 aliphatic heterocycles. The molecule has 1 aromatic carbocycles. The summed E-state index contributed by atoms with van der Waals surface area (Å²) in [5.41, 5.74) is 6.35. The number of ether oxygens (including phenoxy) is 1. The van der Waals surface area contributed by atoms with Gasteiger partial charge in [0.2, 0.25) is 0 Å². The summed E-state index contributed by atoms with van der Waals surface area (Å²) in [6.07, 6.45) is 1.33. The van der Waals surface area contributed by atoms with Crippen molar-refractivity contribution >= 4 is 23.2 Å². The maximum absolute atomic E-state index is 12.4. The molecule has 1 aliphatic rings. The number of nitrogens with zero attached hydrogens (tertiary/aromatic N) is 5. The van der Waals surface area contributed by atoms with Crippen molar-refractivity contribution in [2.45, 2.75) is 40.0 Å². The normalized spacial score (nSPS) is 13.5. The summed E-state index contributed by atoms with van der Waals surface area (Å²) >= 11 is 0. The summed E-state index contributed by atoms with van der Waals surface area (Å²) in [7, 11) is 0. The molecule has 2 aromatic heterocycles. The number of carbonyl (C=O) groups excluding carboxylic acids is 2. The van der Waals surface area contributed by atoms with Gasteiger partial charge in [0.25, 0.3) is 5.91 Å². The molecule has 0 spiro atoms. The predicted molar refractivity (Wildman–Crippen MR) is 116 cm³/mol. The number of rotatable bonds is 6. The van der Waals surface area contributed by atoms with Crippen LogP contribution in [0.15, 0.2) is 41.5 Å². The number of carbonyl (C=O) groups is 2. The van der Waals surface area contributed by atoms with Crippen LogP contribution in [0.25, 0.3) is 5.65 Å². The predicted octanol–water partition coefficient (Wildman–Crippen LogP) is 2.77. The third-order valence-electron chi connectivity index (χ3n) is 5.42. The molecular weight excluding hydrogens is 394 g/mol. The monoisotopic (exact) mass is 419 g/mol. The van der Waals surface area contributed by atoms with Gasteiger partial charge in [0.1, 0.15) is 0 Å². The zero-order valence-electron chi connectivity index (χ0n) is 18.0. The van der Waals surface area contributed by atoms with Crippen molar-refractivity contribution in [3.63, 3.8) is 0 Å². The maximum atomic E-state index is 12.4. The van der Waals surface area contributed by atoms with E-state index in [0.717, 1.165) is 39.6 Å². The summed E-state index contributed by atoms with van der Waals surface area (Å²) in [5, 5.41) is 10.2. The first-order valence-corrected chi connectivity index (χ1v) is 10.3. The molecule has 0 bridgehead atoms. The van der Waals surface area contributed by atoms with Crippen molar-refractivity contribution in [3.05, 3.63) is 64.6 Å². The third-order valence-corrected chi connectivity index (χ3v) is 5.42. The molecule has 0 fully saturated rings. The van der Waals surface area contributed by atoms with E-state index >= 15 is 0 Å². The van der Waals surface area contributed by atoms with Crippen molar-refractivity contribution in [1.29, 1.82) is 0 Å². The lowest BCUT2D eigenvalue weighted by molar-refractivity contribution is -0.151. The molecular formula is C23H25N5O3. The van der Waals surface area contributed by atoms with Crippen molar-refractivity contribution in [2.75, 3.05) is 13.2 Å². The molecule has 3 aromatic rings. The van der Waals surface area contributed by atoms with Crippen LogP contribution in [0.5, 0.6) is 0 Å². The number of aryl methyl sites for hydroxylation is 3. The van der Waals surface area contributed by atoms with Crippen molar-refractivity contribution in [1.82, 2.24) is 19.6 Å². The number of hydrogen-bond acceptors (Lipinski definition) is 6. The second-order valence-corrected chi connectivity index (χ2v) is 7.66. The van der Waals surface area contributed by atoms with E-state index in [1.54, 1.807) is 4.52 Å². The first-order chi connectivity index (χ1) is 14.9. The number of esters is 1. The van der Waals surface area contributed by atoms with Gasteiger partial charge >= 0.3 is 5.97 Å². The van der Waals surface area contributed by atoms with Crippen LogP contribution in [0, 0.1) is 20.8 Å². The zero-order chi connectivity index (χ0) is 22.0. The minimum atomic E-state index is -0.421. The number of hydrogen-bond donors (Lipinski definition) is 0. The van der Waals surface area contributed by atoms with E-state index in [0.29, 0.717) is 19.4 Å². The minimum Gasteiger partial charge on any atom is -0.455 e. The first-order valence-electron chi connectivity index (χ1n) is 10.3. The number of hydrazone groups is 1. The van der Waals surface area contributed by atoms with E-state index in [9.17, 15) is 9.59 Å². The molecule has 0 N–H and O–H groups in total. The van der Waals surface area contributed by atoms with Crippen molar-refractivity contribution in [3.8, 4) is 0 Å². The van der Waals surface area contributed by atoms with E-state index in [1.807, 2.05) is 57.2 Å². The Kier molecular flexibility index (Phi) is 5.79. The lowest BCUT2D eigenvalue weighted by atomic mass is 10.1. The van der Waals surface area contributed by atoms with E-state index in [-0.39, 0.29) is 18.9 Å². The Morgan fingerprint density at radius 2 is 1.90 bits per heavy atom. The summed E-state index contributed by atoms with van der Waals surface area (Å²) in [6, 6.07) is 11.7. The Balaban J connectivity index is 1.31. The molecule has 8 heteroatoms. The summed E-state index contributed by atoms with van der Waals surface area (Å²) in [6.45, 7) is 6.00. The average Bonchev–Trinajstić information content (AvgIpc) is 3.39. The van der Waals surface area contributed by atoms with Crippen molar-refractivity contribution in [2.24, 2.45) is 5.10 Å². The largest absolute Gasteiger partial charge is 0.455 e. The number of aromatic nitrogens is 3. The molecule has 0 atom stereocenters. The molecule has 0 saturated carbocycles. The van der Waals surface area contributed by atoms with Crippen LogP contribution in [0.4, 0.5) is 0 Å². The zero-order valence-corrected chi connectivity index (χ0v) is 18.0. The van der Waals surface area contributed by atoms with Crippen LogP contribution in [0.1, 0.15) is 41.1 Å². The number of fused-ring (bicyclic) bond motifs is 1. The van der Waals surface area contributed by atoms with Gasteiger partial charge in [0.05, 0.1) is 18.0 Å².